The summed E-state index contributed by atoms with van der Waals surface area (Å²) in [5.41, 5.74) is 3.96. The molecule has 0 atom stereocenters. The standard InChI is InChI=1S/C24H29N5O3/c1-17-6-7-19(18(2)16-17)20-21(23(31)29(22(20)30)10-5-15-32-3)27-11-13-28(14-12-27)24-25-8-4-9-26-24/h4,6-9,16H,5,10-15H2,1-3H3. The van der Waals surface area contributed by atoms with Crippen molar-refractivity contribution in [2.45, 2.75) is 20.3 Å². The summed E-state index contributed by atoms with van der Waals surface area (Å²) in [6.45, 7) is 7.46. The van der Waals surface area contributed by atoms with Crippen molar-refractivity contribution in [1.82, 2.24) is 19.8 Å². The number of anilines is 1. The summed E-state index contributed by atoms with van der Waals surface area (Å²) < 4.78 is 5.12. The van der Waals surface area contributed by atoms with Gasteiger partial charge in [0.1, 0.15) is 5.70 Å². The van der Waals surface area contributed by atoms with Crippen LogP contribution in [0.1, 0.15) is 23.1 Å². The quantitative estimate of drug-likeness (QED) is 0.486. The number of piperazine rings is 1. The van der Waals surface area contributed by atoms with E-state index in [1.54, 1.807) is 25.6 Å². The molecule has 0 saturated carbocycles. The van der Waals surface area contributed by atoms with Crippen LogP contribution in [0.5, 0.6) is 0 Å². The van der Waals surface area contributed by atoms with Gasteiger partial charge in [0.05, 0.1) is 5.57 Å². The topological polar surface area (TPSA) is 78.9 Å². The van der Waals surface area contributed by atoms with Crippen LogP contribution in [0.15, 0.2) is 42.4 Å². The molecule has 0 aliphatic carbocycles. The van der Waals surface area contributed by atoms with Gasteiger partial charge in [-0.05, 0) is 37.5 Å². The fraction of sp³-hybridized carbons (Fsp3) is 0.417. The van der Waals surface area contributed by atoms with E-state index < -0.39 is 0 Å². The number of aromatic nitrogens is 2. The fourth-order valence-electron chi connectivity index (χ4n) is 4.35. The first-order chi connectivity index (χ1) is 15.5. The van der Waals surface area contributed by atoms with E-state index in [-0.39, 0.29) is 11.8 Å². The van der Waals surface area contributed by atoms with Gasteiger partial charge in [-0.25, -0.2) is 9.97 Å². The van der Waals surface area contributed by atoms with Crippen LogP contribution in [0.3, 0.4) is 0 Å². The second-order valence-electron chi connectivity index (χ2n) is 8.17. The van der Waals surface area contributed by atoms with E-state index in [4.69, 9.17) is 4.74 Å². The molecule has 8 heteroatoms. The van der Waals surface area contributed by atoms with Gasteiger partial charge >= 0.3 is 0 Å². The number of nitrogens with zero attached hydrogens (tertiary/aromatic N) is 5. The molecule has 0 N–H and O–H groups in total. The highest BCUT2D eigenvalue weighted by atomic mass is 16.5. The first kappa shape index (κ1) is 22.0. The monoisotopic (exact) mass is 435 g/mol. The number of methoxy groups -OCH3 is 1. The van der Waals surface area contributed by atoms with Crippen molar-refractivity contribution in [3.63, 3.8) is 0 Å². The third kappa shape index (κ3) is 4.23. The van der Waals surface area contributed by atoms with Gasteiger partial charge in [-0.2, -0.15) is 0 Å². The zero-order chi connectivity index (χ0) is 22.7. The summed E-state index contributed by atoms with van der Waals surface area (Å²) in [6.07, 6.45) is 4.07. The SMILES string of the molecule is COCCCN1C(=O)C(c2ccc(C)cc2C)=C(N2CCN(c3ncccn3)CC2)C1=O. The Morgan fingerprint density at radius 3 is 2.31 bits per heavy atom. The van der Waals surface area contributed by atoms with Crippen LogP contribution < -0.4 is 4.90 Å². The summed E-state index contributed by atoms with van der Waals surface area (Å²) >= 11 is 0. The average Bonchev–Trinajstić information content (AvgIpc) is 3.04. The molecule has 168 valence electrons. The number of benzene rings is 1. The van der Waals surface area contributed by atoms with Gasteiger partial charge in [0, 0.05) is 58.8 Å². The minimum absolute atomic E-state index is 0.217. The van der Waals surface area contributed by atoms with Crippen molar-refractivity contribution in [3.05, 3.63) is 59.0 Å². The lowest BCUT2D eigenvalue weighted by Gasteiger charge is -2.36. The van der Waals surface area contributed by atoms with E-state index in [2.05, 4.69) is 20.9 Å². The van der Waals surface area contributed by atoms with Crippen LogP contribution in [-0.4, -0.2) is 78.0 Å². The highest BCUT2D eigenvalue weighted by Crippen LogP contribution is 2.34. The Kier molecular flexibility index (Phi) is 6.50. The first-order valence-electron chi connectivity index (χ1n) is 10.9. The van der Waals surface area contributed by atoms with Gasteiger partial charge in [-0.15, -0.1) is 0 Å². The van der Waals surface area contributed by atoms with Crippen LogP contribution in [-0.2, 0) is 14.3 Å². The number of imide groups is 1. The predicted molar refractivity (Wildman–Crippen MR) is 122 cm³/mol. The van der Waals surface area contributed by atoms with E-state index in [0.29, 0.717) is 63.0 Å². The van der Waals surface area contributed by atoms with Gasteiger partial charge in [0.2, 0.25) is 5.95 Å². The minimum atomic E-state index is -0.220. The Morgan fingerprint density at radius 1 is 0.969 bits per heavy atom. The van der Waals surface area contributed by atoms with Crippen LogP contribution in [0.4, 0.5) is 5.95 Å². The summed E-state index contributed by atoms with van der Waals surface area (Å²) in [7, 11) is 1.62. The third-order valence-corrected chi connectivity index (χ3v) is 5.96. The largest absolute Gasteiger partial charge is 0.385 e. The molecule has 2 aromatic rings. The van der Waals surface area contributed by atoms with Crippen molar-refractivity contribution < 1.29 is 14.3 Å². The molecule has 2 aliphatic heterocycles. The molecule has 0 bridgehead atoms. The highest BCUT2D eigenvalue weighted by Gasteiger charge is 2.42. The maximum Gasteiger partial charge on any atom is 0.277 e. The molecular weight excluding hydrogens is 406 g/mol. The van der Waals surface area contributed by atoms with Crippen LogP contribution in [0, 0.1) is 13.8 Å². The molecule has 1 saturated heterocycles. The van der Waals surface area contributed by atoms with E-state index in [0.717, 1.165) is 16.7 Å². The number of hydrogen-bond acceptors (Lipinski definition) is 7. The molecule has 2 aliphatic rings. The zero-order valence-electron chi connectivity index (χ0n) is 18.9. The lowest BCUT2D eigenvalue weighted by atomic mass is 9.97. The third-order valence-electron chi connectivity index (χ3n) is 5.96. The van der Waals surface area contributed by atoms with Crippen molar-refractivity contribution in [2.75, 3.05) is 51.3 Å². The van der Waals surface area contributed by atoms with Gasteiger partial charge < -0.3 is 14.5 Å². The summed E-state index contributed by atoms with van der Waals surface area (Å²) in [6, 6.07) is 7.79. The fourth-order valence-corrected chi connectivity index (χ4v) is 4.35. The van der Waals surface area contributed by atoms with Gasteiger partial charge in [-0.3, -0.25) is 14.5 Å². The lowest BCUT2D eigenvalue weighted by molar-refractivity contribution is -0.137. The van der Waals surface area contributed by atoms with E-state index in [1.165, 1.54) is 4.90 Å². The number of carbonyl (C=O) groups excluding carboxylic acids is 2. The molecule has 0 unspecified atom stereocenters. The molecule has 4 rings (SSSR count). The lowest BCUT2D eigenvalue weighted by Crippen LogP contribution is -2.48. The number of amides is 2. The Hall–Kier alpha value is -3.26. The van der Waals surface area contributed by atoms with E-state index in [9.17, 15) is 9.59 Å². The molecule has 0 radical (unpaired) electrons. The maximum absolute atomic E-state index is 13.4. The summed E-state index contributed by atoms with van der Waals surface area (Å²) in [5, 5.41) is 0. The highest BCUT2D eigenvalue weighted by molar-refractivity contribution is 6.35. The molecule has 2 amide bonds. The minimum Gasteiger partial charge on any atom is -0.385 e. The number of hydrogen-bond donors (Lipinski definition) is 0. The van der Waals surface area contributed by atoms with Gasteiger partial charge in [-0.1, -0.05) is 23.8 Å². The number of ether oxygens (including phenoxy) is 1. The number of carbonyl (C=O) groups is 2. The molecule has 1 aromatic carbocycles. The molecule has 1 aromatic heterocycles. The van der Waals surface area contributed by atoms with Crippen molar-refractivity contribution in [2.24, 2.45) is 0 Å². The Bertz CT molecular complexity index is 1030. The Labute approximate surface area is 188 Å². The summed E-state index contributed by atoms with van der Waals surface area (Å²) in [5.74, 6) is 0.248. The van der Waals surface area contributed by atoms with Crippen molar-refractivity contribution in [1.29, 1.82) is 0 Å². The van der Waals surface area contributed by atoms with Crippen LogP contribution in [0.25, 0.3) is 5.57 Å². The van der Waals surface area contributed by atoms with E-state index >= 15 is 0 Å². The Morgan fingerprint density at radius 2 is 1.66 bits per heavy atom. The van der Waals surface area contributed by atoms with Gasteiger partial charge in [0.25, 0.3) is 11.8 Å². The molecule has 8 nitrogen and oxygen atoms in total. The molecule has 0 spiro atoms. The smallest absolute Gasteiger partial charge is 0.277 e. The zero-order valence-corrected chi connectivity index (χ0v) is 18.9. The van der Waals surface area contributed by atoms with E-state index in [1.807, 2.05) is 30.9 Å². The van der Waals surface area contributed by atoms with Crippen molar-refractivity contribution in [3.8, 4) is 0 Å². The van der Waals surface area contributed by atoms with Gasteiger partial charge in [0.15, 0.2) is 0 Å². The van der Waals surface area contributed by atoms with Crippen molar-refractivity contribution >= 4 is 23.3 Å². The second kappa shape index (κ2) is 9.48. The molecule has 3 heterocycles. The number of aryl methyl sites for hydroxylation is 2. The van der Waals surface area contributed by atoms with Crippen LogP contribution in [0.2, 0.25) is 0 Å². The molecular formula is C24H29N5O3. The predicted octanol–water partition coefficient (Wildman–Crippen LogP) is 2.03. The number of rotatable bonds is 7. The normalized spacial score (nSPS) is 17.0. The summed E-state index contributed by atoms with van der Waals surface area (Å²) in [4.78, 5) is 41.1. The first-order valence-corrected chi connectivity index (χ1v) is 10.9. The average molecular weight is 436 g/mol. The van der Waals surface area contributed by atoms with Crippen LogP contribution >= 0.6 is 0 Å². The Balaban J connectivity index is 1.64. The second-order valence-corrected chi connectivity index (χ2v) is 8.17. The molecule has 32 heavy (non-hydrogen) atoms. The maximum atomic E-state index is 13.4. The molecule has 1 fully saturated rings.